The number of sulfonamides is 1. The molecule has 1 fully saturated rings. The number of benzene rings is 1. The number of amides is 1. The minimum absolute atomic E-state index is 0.0556. The molecule has 36 heavy (non-hydrogen) atoms. The molecule has 4 rings (SSSR count). The summed E-state index contributed by atoms with van der Waals surface area (Å²) in [5.41, 5.74) is 0.801. The van der Waals surface area contributed by atoms with Gasteiger partial charge in [0.05, 0.1) is 24.1 Å². The highest BCUT2D eigenvalue weighted by molar-refractivity contribution is 7.89. The zero-order chi connectivity index (χ0) is 26.0. The summed E-state index contributed by atoms with van der Waals surface area (Å²) < 4.78 is 47.1. The first-order valence-electron chi connectivity index (χ1n) is 11.9. The lowest BCUT2D eigenvalue weighted by molar-refractivity contribution is 0.0373. The number of carbonyl (C=O) groups excluding carboxylic acids is 1. The third-order valence-electron chi connectivity index (χ3n) is 6.46. The summed E-state index contributed by atoms with van der Waals surface area (Å²) in [6.45, 7) is 3.53. The molecule has 2 aliphatic rings. The normalized spacial score (nSPS) is 21.1. The van der Waals surface area contributed by atoms with Crippen molar-refractivity contribution in [1.29, 1.82) is 0 Å². The van der Waals surface area contributed by atoms with Crippen molar-refractivity contribution in [3.63, 3.8) is 0 Å². The Morgan fingerprint density at radius 1 is 1.33 bits per heavy atom. The highest BCUT2D eigenvalue weighted by atomic mass is 32.2. The van der Waals surface area contributed by atoms with Crippen LogP contribution >= 0.6 is 0 Å². The van der Waals surface area contributed by atoms with Gasteiger partial charge in [-0.3, -0.25) is 4.79 Å². The van der Waals surface area contributed by atoms with Gasteiger partial charge in [-0.2, -0.15) is 4.31 Å². The molecule has 8 nitrogen and oxygen atoms in total. The minimum atomic E-state index is -3.99. The maximum atomic E-state index is 13.7. The van der Waals surface area contributed by atoms with Gasteiger partial charge in [-0.05, 0) is 44.0 Å². The van der Waals surface area contributed by atoms with Crippen LogP contribution in [0, 0.1) is 29.5 Å². The Kier molecular flexibility index (Phi) is 7.64. The molecule has 1 amide bonds. The third kappa shape index (κ3) is 5.69. The molecule has 1 aliphatic carbocycles. The van der Waals surface area contributed by atoms with Crippen molar-refractivity contribution in [2.75, 3.05) is 26.7 Å². The fourth-order valence-electron chi connectivity index (χ4n) is 3.96. The van der Waals surface area contributed by atoms with Crippen molar-refractivity contribution in [3.05, 3.63) is 53.5 Å². The average molecular weight is 516 g/mol. The lowest BCUT2D eigenvalue weighted by atomic mass is 10.0. The van der Waals surface area contributed by atoms with Crippen LogP contribution in [-0.2, 0) is 10.0 Å². The Morgan fingerprint density at radius 2 is 2.08 bits per heavy atom. The van der Waals surface area contributed by atoms with Gasteiger partial charge >= 0.3 is 0 Å². The van der Waals surface area contributed by atoms with E-state index in [1.54, 1.807) is 17.9 Å². The fourth-order valence-corrected chi connectivity index (χ4v) is 5.18. The molecule has 2 heterocycles. The van der Waals surface area contributed by atoms with Crippen molar-refractivity contribution >= 4 is 15.9 Å². The largest absolute Gasteiger partial charge is 0.472 e. The standard InChI is InChI=1S/C26H30FN3O5S/c1-17-14-30(18(2)16-31)26(32)23-11-20(10-9-19-7-8-19)13-28-25(23)35-24(17)15-29(3)36(33,34)22-6-4-5-21(27)12-22/h4-6,11-13,17-19,24,31H,7-8,14-16H2,1-3H3/t17-,18+,24+/m1/s1. The van der Waals surface area contributed by atoms with Crippen molar-refractivity contribution in [2.24, 2.45) is 11.8 Å². The van der Waals surface area contributed by atoms with E-state index >= 15 is 0 Å². The van der Waals surface area contributed by atoms with E-state index in [-0.39, 0.29) is 47.9 Å². The Bertz CT molecular complexity index is 1300. The quantitative estimate of drug-likeness (QED) is 0.594. The Balaban J connectivity index is 1.66. The van der Waals surface area contributed by atoms with E-state index in [1.165, 1.54) is 31.4 Å². The number of likely N-dealkylation sites (N-methyl/N-ethyl adjacent to an activating group) is 1. The summed E-state index contributed by atoms with van der Waals surface area (Å²) >= 11 is 0. The lowest BCUT2D eigenvalue weighted by Gasteiger charge is -2.37. The number of aliphatic hydroxyl groups excluding tert-OH is 1. The molecule has 1 N–H and O–H groups in total. The molecule has 1 saturated carbocycles. The number of halogens is 1. The van der Waals surface area contributed by atoms with E-state index in [1.807, 2.05) is 6.92 Å². The van der Waals surface area contributed by atoms with Crippen molar-refractivity contribution < 1.29 is 27.4 Å². The molecule has 1 aromatic carbocycles. The topological polar surface area (TPSA) is 100 Å². The molecule has 0 unspecified atom stereocenters. The van der Waals surface area contributed by atoms with Gasteiger partial charge in [0.15, 0.2) is 0 Å². The molecule has 0 bridgehead atoms. The first-order chi connectivity index (χ1) is 17.1. The molecular formula is C26H30FN3O5S. The number of hydrogen-bond acceptors (Lipinski definition) is 6. The predicted octanol–water partition coefficient (Wildman–Crippen LogP) is 2.52. The third-order valence-corrected chi connectivity index (χ3v) is 8.28. The number of nitrogens with zero attached hydrogens (tertiary/aromatic N) is 3. The van der Waals surface area contributed by atoms with Crippen LogP contribution in [0.25, 0.3) is 0 Å². The van der Waals surface area contributed by atoms with Gasteiger partial charge in [0, 0.05) is 37.2 Å². The Morgan fingerprint density at radius 3 is 2.75 bits per heavy atom. The van der Waals surface area contributed by atoms with Crippen LogP contribution in [-0.4, -0.2) is 72.5 Å². The number of fused-ring (bicyclic) bond motifs is 1. The van der Waals surface area contributed by atoms with E-state index in [0.717, 1.165) is 23.2 Å². The summed E-state index contributed by atoms with van der Waals surface area (Å²) in [6.07, 6.45) is 3.01. The van der Waals surface area contributed by atoms with Crippen molar-refractivity contribution in [2.45, 2.75) is 43.7 Å². The van der Waals surface area contributed by atoms with Gasteiger partial charge in [0.2, 0.25) is 15.9 Å². The van der Waals surface area contributed by atoms with Crippen molar-refractivity contribution in [1.82, 2.24) is 14.2 Å². The second-order valence-electron chi connectivity index (χ2n) is 9.49. The number of ether oxygens (including phenoxy) is 1. The summed E-state index contributed by atoms with van der Waals surface area (Å²) in [6, 6.07) is 5.99. The maximum Gasteiger partial charge on any atom is 0.259 e. The maximum absolute atomic E-state index is 13.7. The smallest absolute Gasteiger partial charge is 0.259 e. The molecule has 1 aliphatic heterocycles. The van der Waals surface area contributed by atoms with E-state index in [9.17, 15) is 22.7 Å². The van der Waals surface area contributed by atoms with Crippen LogP contribution in [0.1, 0.15) is 42.6 Å². The predicted molar refractivity (Wildman–Crippen MR) is 131 cm³/mol. The van der Waals surface area contributed by atoms with Crippen LogP contribution in [0.2, 0.25) is 0 Å². The lowest BCUT2D eigenvalue weighted by Crippen LogP contribution is -2.50. The van der Waals surface area contributed by atoms with Crippen molar-refractivity contribution in [3.8, 4) is 17.7 Å². The number of hydrogen-bond donors (Lipinski definition) is 1. The van der Waals surface area contributed by atoms with Gasteiger partial charge in [-0.25, -0.2) is 17.8 Å². The van der Waals surface area contributed by atoms with E-state index in [0.29, 0.717) is 11.5 Å². The molecule has 0 radical (unpaired) electrons. The highest BCUT2D eigenvalue weighted by Crippen LogP contribution is 2.29. The second-order valence-corrected chi connectivity index (χ2v) is 11.5. The van der Waals surface area contributed by atoms with E-state index < -0.39 is 28.0 Å². The first kappa shape index (κ1) is 26.1. The number of aliphatic hydroxyl groups is 1. The molecule has 0 spiro atoms. The Hall–Kier alpha value is -3.00. The first-order valence-corrected chi connectivity index (χ1v) is 13.4. The minimum Gasteiger partial charge on any atom is -0.472 e. The molecule has 3 atom stereocenters. The zero-order valence-corrected chi connectivity index (χ0v) is 21.3. The number of pyridine rings is 1. The van der Waals surface area contributed by atoms with Gasteiger partial charge in [-0.1, -0.05) is 24.8 Å². The molecule has 0 saturated heterocycles. The van der Waals surface area contributed by atoms with Gasteiger partial charge in [0.25, 0.3) is 5.91 Å². The van der Waals surface area contributed by atoms with Crippen LogP contribution in [0.4, 0.5) is 4.39 Å². The summed E-state index contributed by atoms with van der Waals surface area (Å²) in [5.74, 6) is 5.39. The van der Waals surface area contributed by atoms with E-state index in [2.05, 4.69) is 16.8 Å². The molecule has 2 aromatic rings. The monoisotopic (exact) mass is 515 g/mol. The average Bonchev–Trinajstić information content (AvgIpc) is 3.69. The molecule has 192 valence electrons. The summed E-state index contributed by atoms with van der Waals surface area (Å²) in [7, 11) is -2.59. The molecular weight excluding hydrogens is 485 g/mol. The highest BCUT2D eigenvalue weighted by Gasteiger charge is 2.36. The Labute approximate surface area is 211 Å². The van der Waals surface area contributed by atoms with Crippen LogP contribution < -0.4 is 4.74 Å². The number of aromatic nitrogens is 1. The molecule has 10 heteroatoms. The van der Waals surface area contributed by atoms with E-state index in [4.69, 9.17) is 4.74 Å². The van der Waals surface area contributed by atoms with Gasteiger partial charge < -0.3 is 14.7 Å². The number of carbonyl (C=O) groups is 1. The van der Waals surface area contributed by atoms with Crippen LogP contribution in [0.15, 0.2) is 41.4 Å². The van der Waals surface area contributed by atoms with Crippen LogP contribution in [0.5, 0.6) is 5.88 Å². The SMILES string of the molecule is C[C@@H]1CN([C@@H](C)CO)C(=O)c2cc(C#CC3CC3)cnc2O[C@H]1CN(C)S(=O)(=O)c1cccc(F)c1. The fraction of sp³-hybridized carbons (Fsp3) is 0.462. The van der Waals surface area contributed by atoms with Crippen LogP contribution in [0.3, 0.4) is 0 Å². The van der Waals surface area contributed by atoms with Gasteiger partial charge in [0.1, 0.15) is 17.5 Å². The number of rotatable bonds is 6. The summed E-state index contributed by atoms with van der Waals surface area (Å²) in [5, 5.41) is 9.79. The second kappa shape index (κ2) is 10.5. The zero-order valence-electron chi connectivity index (χ0n) is 20.5. The summed E-state index contributed by atoms with van der Waals surface area (Å²) in [4.78, 5) is 19.2. The molecule has 1 aromatic heterocycles. The van der Waals surface area contributed by atoms with Gasteiger partial charge in [-0.15, -0.1) is 0 Å².